The van der Waals surface area contributed by atoms with E-state index in [0.717, 1.165) is 16.7 Å². The molecule has 0 spiro atoms. The van der Waals surface area contributed by atoms with E-state index in [2.05, 4.69) is 44.2 Å². The first-order chi connectivity index (χ1) is 9.90. The molecule has 3 N–H and O–H groups in total. The summed E-state index contributed by atoms with van der Waals surface area (Å²) in [6.07, 6.45) is 0.807. The first-order valence-electron chi connectivity index (χ1n) is 7.11. The summed E-state index contributed by atoms with van der Waals surface area (Å²) < 4.78 is 0. The van der Waals surface area contributed by atoms with E-state index in [1.807, 2.05) is 6.07 Å². The largest absolute Gasteiger partial charge is 0.480 e. The average Bonchev–Trinajstić information content (AvgIpc) is 2.75. The van der Waals surface area contributed by atoms with Crippen LogP contribution in [0.3, 0.4) is 0 Å². The van der Waals surface area contributed by atoms with E-state index < -0.39 is 11.5 Å². The normalized spacial score (nSPS) is 19.4. The molecule has 116 valence electrons. The lowest BCUT2D eigenvalue weighted by Gasteiger charge is -2.16. The first-order valence-corrected chi connectivity index (χ1v) is 7.11. The lowest BCUT2D eigenvalue weighted by atomic mass is 9.93. The highest BCUT2D eigenvalue weighted by Gasteiger charge is 2.40. The number of rotatable bonds is 2. The predicted octanol–water partition coefficient (Wildman–Crippen LogP) is 3.27. The van der Waals surface area contributed by atoms with Crippen molar-refractivity contribution < 1.29 is 9.90 Å². The van der Waals surface area contributed by atoms with Gasteiger partial charge in [-0.3, -0.25) is 4.79 Å². The maximum absolute atomic E-state index is 11.3. The van der Waals surface area contributed by atoms with Crippen molar-refractivity contribution in [1.82, 2.24) is 0 Å². The van der Waals surface area contributed by atoms with Gasteiger partial charge in [-0.15, -0.1) is 12.4 Å². The molecule has 3 nitrogen and oxygen atoms in total. The molecule has 2 aromatic carbocycles. The molecule has 0 saturated heterocycles. The summed E-state index contributed by atoms with van der Waals surface area (Å²) in [6, 6.07) is 12.4. The Balaban J connectivity index is 0.00000176. The topological polar surface area (TPSA) is 63.3 Å². The number of aliphatic carboxylic acids is 1. The lowest BCUT2D eigenvalue weighted by molar-refractivity contribution is -0.142. The highest BCUT2D eigenvalue weighted by Crippen LogP contribution is 2.34. The number of nitrogens with two attached hydrogens (primary N) is 1. The van der Waals surface area contributed by atoms with Crippen molar-refractivity contribution in [3.63, 3.8) is 0 Å². The maximum atomic E-state index is 11.3. The standard InChI is InChI=1S/C18H19NO2.ClH/c1-11-4-3-5-12(2)16(11)13-6-7-14-9-18(19,17(20)21)10-15(14)8-13;/h3-8H,9-10,19H2,1-2H3,(H,20,21);1H. The lowest BCUT2D eigenvalue weighted by Crippen LogP contribution is -2.48. The number of halogens is 1. The highest BCUT2D eigenvalue weighted by molar-refractivity contribution is 5.85. The van der Waals surface area contributed by atoms with Crippen molar-refractivity contribution in [2.24, 2.45) is 5.73 Å². The Kier molecular flexibility index (Phi) is 4.32. The van der Waals surface area contributed by atoms with Gasteiger partial charge in [0, 0.05) is 12.8 Å². The fourth-order valence-electron chi connectivity index (χ4n) is 3.28. The van der Waals surface area contributed by atoms with Gasteiger partial charge < -0.3 is 10.8 Å². The van der Waals surface area contributed by atoms with Crippen LogP contribution in [0.5, 0.6) is 0 Å². The molecule has 0 aromatic heterocycles. The summed E-state index contributed by atoms with van der Waals surface area (Å²) in [7, 11) is 0. The number of hydrogen-bond acceptors (Lipinski definition) is 2. The number of benzene rings is 2. The summed E-state index contributed by atoms with van der Waals surface area (Å²) in [5.74, 6) is -0.924. The molecule has 1 atom stereocenters. The Morgan fingerprint density at radius 3 is 2.27 bits per heavy atom. The number of carboxylic acid groups (broad SMARTS) is 1. The number of hydrogen-bond donors (Lipinski definition) is 2. The van der Waals surface area contributed by atoms with E-state index in [-0.39, 0.29) is 12.4 Å². The summed E-state index contributed by atoms with van der Waals surface area (Å²) in [5.41, 5.74) is 11.8. The van der Waals surface area contributed by atoms with Crippen LogP contribution in [0.15, 0.2) is 36.4 Å². The monoisotopic (exact) mass is 317 g/mol. The van der Waals surface area contributed by atoms with Gasteiger partial charge in [-0.25, -0.2) is 0 Å². The third-order valence-electron chi connectivity index (χ3n) is 4.41. The van der Waals surface area contributed by atoms with Crippen LogP contribution in [0.25, 0.3) is 11.1 Å². The minimum absolute atomic E-state index is 0. The molecule has 0 aliphatic heterocycles. The van der Waals surface area contributed by atoms with Crippen LogP contribution < -0.4 is 5.73 Å². The number of carboxylic acids is 1. The molecule has 0 heterocycles. The fourth-order valence-corrected chi connectivity index (χ4v) is 3.28. The molecular weight excluding hydrogens is 298 g/mol. The molecule has 1 aliphatic rings. The molecule has 0 fully saturated rings. The molecule has 2 aromatic rings. The number of aryl methyl sites for hydroxylation is 2. The van der Waals surface area contributed by atoms with Gasteiger partial charge in [0.1, 0.15) is 5.54 Å². The van der Waals surface area contributed by atoms with Crippen molar-refractivity contribution >= 4 is 18.4 Å². The third-order valence-corrected chi connectivity index (χ3v) is 4.41. The quantitative estimate of drug-likeness (QED) is 0.893. The van der Waals surface area contributed by atoms with E-state index in [0.29, 0.717) is 12.8 Å². The predicted molar refractivity (Wildman–Crippen MR) is 90.6 cm³/mol. The van der Waals surface area contributed by atoms with Crippen molar-refractivity contribution in [1.29, 1.82) is 0 Å². The van der Waals surface area contributed by atoms with Crippen molar-refractivity contribution in [3.05, 3.63) is 58.7 Å². The van der Waals surface area contributed by atoms with Crippen LogP contribution in [0.4, 0.5) is 0 Å². The third kappa shape index (κ3) is 2.62. The Bertz CT molecular complexity index is 722. The second-order valence-corrected chi connectivity index (χ2v) is 6.07. The highest BCUT2D eigenvalue weighted by atomic mass is 35.5. The van der Waals surface area contributed by atoms with Crippen LogP contribution in [0.1, 0.15) is 22.3 Å². The van der Waals surface area contributed by atoms with Gasteiger partial charge in [0.25, 0.3) is 0 Å². The van der Waals surface area contributed by atoms with Gasteiger partial charge in [-0.05, 0) is 47.2 Å². The number of carbonyl (C=O) groups is 1. The summed E-state index contributed by atoms with van der Waals surface area (Å²) in [6.45, 7) is 4.19. The minimum Gasteiger partial charge on any atom is -0.480 e. The molecule has 22 heavy (non-hydrogen) atoms. The summed E-state index contributed by atoms with van der Waals surface area (Å²) >= 11 is 0. The molecule has 0 amide bonds. The van der Waals surface area contributed by atoms with Gasteiger partial charge >= 0.3 is 5.97 Å². The molecule has 0 radical (unpaired) electrons. The molecule has 0 saturated carbocycles. The second-order valence-electron chi connectivity index (χ2n) is 6.07. The van der Waals surface area contributed by atoms with Crippen LogP contribution >= 0.6 is 12.4 Å². The van der Waals surface area contributed by atoms with Crippen LogP contribution in [-0.2, 0) is 17.6 Å². The molecule has 4 heteroatoms. The van der Waals surface area contributed by atoms with E-state index in [4.69, 9.17) is 5.73 Å². The van der Waals surface area contributed by atoms with Crippen LogP contribution in [0.2, 0.25) is 0 Å². The molecule has 1 unspecified atom stereocenters. The average molecular weight is 318 g/mol. The zero-order valence-electron chi connectivity index (χ0n) is 12.7. The van der Waals surface area contributed by atoms with E-state index >= 15 is 0 Å². The maximum Gasteiger partial charge on any atom is 0.324 e. The smallest absolute Gasteiger partial charge is 0.324 e. The first kappa shape index (κ1) is 16.5. The van der Waals surface area contributed by atoms with Crippen LogP contribution in [0, 0.1) is 13.8 Å². The van der Waals surface area contributed by atoms with E-state index in [9.17, 15) is 9.90 Å². The van der Waals surface area contributed by atoms with Crippen LogP contribution in [-0.4, -0.2) is 16.6 Å². The minimum atomic E-state index is -1.15. The van der Waals surface area contributed by atoms with E-state index in [1.165, 1.54) is 16.7 Å². The van der Waals surface area contributed by atoms with Gasteiger partial charge in [0.15, 0.2) is 0 Å². The van der Waals surface area contributed by atoms with Crippen molar-refractivity contribution in [2.45, 2.75) is 32.2 Å². The number of fused-ring (bicyclic) bond motifs is 1. The molecule has 1 aliphatic carbocycles. The fraction of sp³-hybridized carbons (Fsp3) is 0.278. The summed E-state index contributed by atoms with van der Waals surface area (Å²) in [4.78, 5) is 11.3. The molecule has 3 rings (SSSR count). The Labute approximate surface area is 136 Å². The van der Waals surface area contributed by atoms with Crippen molar-refractivity contribution in [2.75, 3.05) is 0 Å². The zero-order valence-corrected chi connectivity index (χ0v) is 13.5. The van der Waals surface area contributed by atoms with Gasteiger partial charge in [0.2, 0.25) is 0 Å². The Morgan fingerprint density at radius 1 is 1.09 bits per heavy atom. The van der Waals surface area contributed by atoms with Gasteiger partial charge in [-0.1, -0.05) is 36.4 Å². The Hall–Kier alpha value is -1.84. The van der Waals surface area contributed by atoms with Gasteiger partial charge in [-0.2, -0.15) is 0 Å². The SMILES string of the molecule is Cc1cccc(C)c1-c1ccc2c(c1)CC(N)(C(=O)O)C2.Cl. The Morgan fingerprint density at radius 2 is 1.68 bits per heavy atom. The summed E-state index contributed by atoms with van der Waals surface area (Å²) in [5, 5.41) is 9.29. The second kappa shape index (κ2) is 5.75. The zero-order chi connectivity index (χ0) is 15.2. The molecule has 0 bridgehead atoms. The van der Waals surface area contributed by atoms with E-state index in [1.54, 1.807) is 0 Å². The molecular formula is C18H20ClNO2. The van der Waals surface area contributed by atoms with Gasteiger partial charge in [0.05, 0.1) is 0 Å². The van der Waals surface area contributed by atoms with Crippen molar-refractivity contribution in [3.8, 4) is 11.1 Å².